The van der Waals surface area contributed by atoms with Gasteiger partial charge in [0.05, 0.1) is 0 Å². The number of ether oxygens (including phenoxy) is 1. The summed E-state index contributed by atoms with van der Waals surface area (Å²) in [7, 11) is 0. The second-order valence-corrected chi connectivity index (χ2v) is 6.20. The van der Waals surface area contributed by atoms with Crippen molar-refractivity contribution in [3.8, 4) is 0 Å². The first-order valence-corrected chi connectivity index (χ1v) is 8.60. The molecule has 23 heavy (non-hydrogen) atoms. The summed E-state index contributed by atoms with van der Waals surface area (Å²) in [5.41, 5.74) is 2.52. The fourth-order valence-corrected chi connectivity index (χ4v) is 2.45. The summed E-state index contributed by atoms with van der Waals surface area (Å²) < 4.78 is 5.12. The number of nitrogens with zero attached hydrogens (tertiary/aromatic N) is 1. The molecule has 0 heterocycles. The molecule has 0 aromatic heterocycles. The summed E-state index contributed by atoms with van der Waals surface area (Å²) in [5, 5.41) is 10.2. The maximum Gasteiger partial charge on any atom is 0.305 e. The number of benzene rings is 1. The lowest BCUT2D eigenvalue weighted by Crippen LogP contribution is -2.40. The van der Waals surface area contributed by atoms with Gasteiger partial charge in [-0.25, -0.2) is 0 Å². The summed E-state index contributed by atoms with van der Waals surface area (Å²) in [6.07, 6.45) is 1.52. The second-order valence-electron chi connectivity index (χ2n) is 6.20. The van der Waals surface area contributed by atoms with Crippen LogP contribution in [0.1, 0.15) is 51.2 Å². The summed E-state index contributed by atoms with van der Waals surface area (Å²) in [6.45, 7) is 9.71. The monoisotopic (exact) mass is 321 g/mol. The maximum atomic E-state index is 11.4. The molecule has 2 unspecified atom stereocenters. The highest BCUT2D eigenvalue weighted by atomic mass is 16.5. The van der Waals surface area contributed by atoms with Crippen molar-refractivity contribution in [2.24, 2.45) is 0 Å². The molecule has 0 aliphatic rings. The van der Waals surface area contributed by atoms with Gasteiger partial charge in [0.2, 0.25) is 0 Å². The largest absolute Gasteiger partial charge is 0.463 e. The Balaban J connectivity index is 2.61. The number of aliphatic hydroxyl groups excluding tert-OH is 1. The Hall–Kier alpha value is -1.39. The minimum Gasteiger partial charge on any atom is -0.463 e. The SMILES string of the molecule is CCCC(=O)OCC(O)CN(Cc1ccccc1C)C(C)CC. The predicted molar refractivity (Wildman–Crippen MR) is 93.2 cm³/mol. The van der Waals surface area contributed by atoms with Crippen molar-refractivity contribution in [2.75, 3.05) is 13.2 Å². The fraction of sp³-hybridized carbons (Fsp3) is 0.632. The summed E-state index contributed by atoms with van der Waals surface area (Å²) in [6, 6.07) is 8.66. The number of esters is 1. The highest BCUT2D eigenvalue weighted by molar-refractivity contribution is 5.69. The van der Waals surface area contributed by atoms with Crippen LogP contribution in [0.4, 0.5) is 0 Å². The molecular formula is C19H31NO3. The van der Waals surface area contributed by atoms with Crippen LogP contribution < -0.4 is 0 Å². The smallest absolute Gasteiger partial charge is 0.305 e. The summed E-state index contributed by atoms with van der Waals surface area (Å²) in [5.74, 6) is -0.236. The van der Waals surface area contributed by atoms with Crippen molar-refractivity contribution in [3.05, 3.63) is 35.4 Å². The highest BCUT2D eigenvalue weighted by Crippen LogP contribution is 2.15. The first-order valence-electron chi connectivity index (χ1n) is 8.60. The van der Waals surface area contributed by atoms with Crippen molar-refractivity contribution in [2.45, 2.75) is 65.6 Å². The molecule has 0 saturated carbocycles. The zero-order valence-electron chi connectivity index (χ0n) is 14.9. The van der Waals surface area contributed by atoms with E-state index < -0.39 is 6.10 Å². The molecule has 1 aromatic rings. The lowest BCUT2D eigenvalue weighted by Gasteiger charge is -2.30. The van der Waals surface area contributed by atoms with Crippen molar-refractivity contribution >= 4 is 5.97 Å². The van der Waals surface area contributed by atoms with Crippen LogP contribution in [0.15, 0.2) is 24.3 Å². The van der Waals surface area contributed by atoms with Crippen LogP contribution >= 0.6 is 0 Å². The third-order valence-corrected chi connectivity index (χ3v) is 4.18. The van der Waals surface area contributed by atoms with Gasteiger partial charge in [0.25, 0.3) is 0 Å². The van der Waals surface area contributed by atoms with Gasteiger partial charge in [-0.3, -0.25) is 9.69 Å². The molecule has 0 amide bonds. The molecule has 1 aromatic carbocycles. The second kappa shape index (κ2) is 10.4. The van der Waals surface area contributed by atoms with Crippen LogP contribution in [-0.2, 0) is 16.1 Å². The molecule has 1 rings (SSSR count). The third kappa shape index (κ3) is 7.14. The van der Waals surface area contributed by atoms with Crippen LogP contribution in [0, 0.1) is 6.92 Å². The molecule has 130 valence electrons. The van der Waals surface area contributed by atoms with E-state index in [1.54, 1.807) is 0 Å². The highest BCUT2D eigenvalue weighted by Gasteiger charge is 2.18. The van der Waals surface area contributed by atoms with Gasteiger partial charge in [0.1, 0.15) is 12.7 Å². The van der Waals surface area contributed by atoms with E-state index >= 15 is 0 Å². The van der Waals surface area contributed by atoms with Gasteiger partial charge in [-0.1, -0.05) is 38.1 Å². The number of hydrogen-bond acceptors (Lipinski definition) is 4. The van der Waals surface area contributed by atoms with Crippen LogP contribution in [0.2, 0.25) is 0 Å². The quantitative estimate of drug-likeness (QED) is 0.672. The zero-order valence-corrected chi connectivity index (χ0v) is 14.9. The van der Waals surface area contributed by atoms with Crippen molar-refractivity contribution in [1.29, 1.82) is 0 Å². The first-order chi connectivity index (χ1) is 11.0. The van der Waals surface area contributed by atoms with Gasteiger partial charge in [-0.2, -0.15) is 0 Å². The van der Waals surface area contributed by atoms with Gasteiger partial charge in [-0.15, -0.1) is 0 Å². The van der Waals surface area contributed by atoms with E-state index in [-0.39, 0.29) is 12.6 Å². The van der Waals surface area contributed by atoms with Crippen molar-refractivity contribution < 1.29 is 14.6 Å². The average molecular weight is 321 g/mol. The molecule has 1 N–H and O–H groups in total. The van der Waals surface area contributed by atoms with Crippen LogP contribution in [-0.4, -0.2) is 41.3 Å². The van der Waals surface area contributed by atoms with E-state index in [1.807, 2.05) is 19.1 Å². The minimum atomic E-state index is -0.658. The summed E-state index contributed by atoms with van der Waals surface area (Å²) >= 11 is 0. The van der Waals surface area contributed by atoms with Crippen molar-refractivity contribution in [3.63, 3.8) is 0 Å². The summed E-state index contributed by atoms with van der Waals surface area (Å²) in [4.78, 5) is 13.7. The number of hydrogen-bond donors (Lipinski definition) is 1. The molecule has 0 spiro atoms. The van der Waals surface area contributed by atoms with E-state index in [1.165, 1.54) is 11.1 Å². The normalized spacial score (nSPS) is 13.8. The Morgan fingerprint density at radius 3 is 2.61 bits per heavy atom. The maximum absolute atomic E-state index is 11.4. The Kier molecular flexibility index (Phi) is 8.89. The Bertz CT molecular complexity index is 475. The number of aliphatic hydroxyl groups is 1. The Morgan fingerprint density at radius 1 is 1.30 bits per heavy atom. The molecule has 0 aliphatic heterocycles. The third-order valence-electron chi connectivity index (χ3n) is 4.18. The predicted octanol–water partition coefficient (Wildman–Crippen LogP) is 3.30. The van der Waals surface area contributed by atoms with Crippen LogP contribution in [0.3, 0.4) is 0 Å². The van der Waals surface area contributed by atoms with E-state index in [0.717, 1.165) is 19.4 Å². The molecule has 2 atom stereocenters. The lowest BCUT2D eigenvalue weighted by molar-refractivity contribution is -0.147. The molecule has 0 fully saturated rings. The van der Waals surface area contributed by atoms with Crippen molar-refractivity contribution in [1.82, 2.24) is 4.90 Å². The molecule has 0 radical (unpaired) electrons. The Labute approximate surface area is 140 Å². The van der Waals surface area contributed by atoms with Crippen LogP contribution in [0.25, 0.3) is 0 Å². The zero-order chi connectivity index (χ0) is 17.2. The van der Waals surface area contributed by atoms with Gasteiger partial charge in [0.15, 0.2) is 0 Å². The van der Waals surface area contributed by atoms with Gasteiger partial charge >= 0.3 is 5.97 Å². The fourth-order valence-electron chi connectivity index (χ4n) is 2.45. The van der Waals surface area contributed by atoms with E-state index in [4.69, 9.17) is 4.74 Å². The number of aryl methyl sites for hydroxylation is 1. The molecule has 0 bridgehead atoms. The van der Waals surface area contributed by atoms with Crippen LogP contribution in [0.5, 0.6) is 0 Å². The topological polar surface area (TPSA) is 49.8 Å². The Morgan fingerprint density at radius 2 is 2.00 bits per heavy atom. The minimum absolute atomic E-state index is 0.0690. The molecule has 0 saturated heterocycles. The molecular weight excluding hydrogens is 290 g/mol. The number of rotatable bonds is 10. The molecule has 4 heteroatoms. The van der Waals surface area contributed by atoms with Gasteiger partial charge in [0, 0.05) is 25.6 Å². The van der Waals surface area contributed by atoms with Gasteiger partial charge < -0.3 is 9.84 Å². The van der Waals surface area contributed by atoms with E-state index in [0.29, 0.717) is 19.0 Å². The van der Waals surface area contributed by atoms with Gasteiger partial charge in [-0.05, 0) is 37.8 Å². The van der Waals surface area contributed by atoms with E-state index in [9.17, 15) is 9.90 Å². The molecule has 0 aliphatic carbocycles. The van der Waals surface area contributed by atoms with E-state index in [2.05, 4.69) is 37.8 Å². The average Bonchev–Trinajstić information content (AvgIpc) is 2.54. The standard InChI is InChI=1S/C19H31NO3/c1-5-9-19(22)23-14-18(21)13-20(16(4)6-2)12-17-11-8-7-10-15(17)3/h7-8,10-11,16,18,21H,5-6,9,12-14H2,1-4H3. The number of carbonyl (C=O) groups excluding carboxylic acids is 1. The molecule has 4 nitrogen and oxygen atoms in total. The first kappa shape index (κ1) is 19.7. The number of carbonyl (C=O) groups is 1. The lowest BCUT2D eigenvalue weighted by atomic mass is 10.1.